The minimum Gasteiger partial charge on any atom is -0.423 e. The summed E-state index contributed by atoms with van der Waals surface area (Å²) in [7, 11) is 0. The van der Waals surface area contributed by atoms with Crippen LogP contribution in [0.1, 0.15) is 26.3 Å². The van der Waals surface area contributed by atoms with E-state index >= 15 is 0 Å². The molecule has 7 heteroatoms. The first kappa shape index (κ1) is 18.5. The van der Waals surface area contributed by atoms with Gasteiger partial charge in [-0.1, -0.05) is 18.2 Å². The molecule has 0 unspecified atom stereocenters. The van der Waals surface area contributed by atoms with Crippen LogP contribution in [0, 0.1) is 0 Å². The number of esters is 1. The Balaban J connectivity index is 1.56. The van der Waals surface area contributed by atoms with Crippen LogP contribution in [0.5, 0.6) is 5.75 Å². The van der Waals surface area contributed by atoms with Crippen molar-refractivity contribution in [2.75, 3.05) is 0 Å². The number of carbonyl (C=O) groups is 2. The maximum atomic E-state index is 12.0. The minimum atomic E-state index is -0.424. The second-order valence-corrected chi connectivity index (χ2v) is 6.33. The van der Waals surface area contributed by atoms with Gasteiger partial charge >= 0.3 is 5.97 Å². The average molecular weight is 424 g/mol. The molecular weight excluding hydrogens is 410 g/mol. The molecule has 0 aliphatic heterocycles. The van der Waals surface area contributed by atoms with Crippen LogP contribution in [0.3, 0.4) is 0 Å². The third kappa shape index (κ3) is 5.32. The molecule has 134 valence electrons. The van der Waals surface area contributed by atoms with E-state index in [1.807, 2.05) is 6.07 Å². The molecule has 0 atom stereocenters. The number of nitrogens with one attached hydrogen (secondary N) is 1. The van der Waals surface area contributed by atoms with Crippen LogP contribution >= 0.6 is 15.9 Å². The predicted octanol–water partition coefficient (Wildman–Crippen LogP) is 3.83. The minimum absolute atomic E-state index is 0.367. The molecule has 0 spiro atoms. The molecule has 1 aromatic heterocycles. The van der Waals surface area contributed by atoms with Crippen LogP contribution in [0.25, 0.3) is 0 Å². The second-order valence-electron chi connectivity index (χ2n) is 5.42. The van der Waals surface area contributed by atoms with Crippen molar-refractivity contribution in [3.8, 4) is 5.75 Å². The van der Waals surface area contributed by atoms with Crippen LogP contribution < -0.4 is 10.2 Å². The van der Waals surface area contributed by atoms with Gasteiger partial charge in [-0.15, -0.1) is 0 Å². The van der Waals surface area contributed by atoms with Crippen molar-refractivity contribution in [2.24, 2.45) is 5.10 Å². The largest absolute Gasteiger partial charge is 0.423 e. The van der Waals surface area contributed by atoms with Crippen LogP contribution in [-0.2, 0) is 0 Å². The Morgan fingerprint density at radius 3 is 2.44 bits per heavy atom. The summed E-state index contributed by atoms with van der Waals surface area (Å²) < 4.78 is 6.01. The van der Waals surface area contributed by atoms with Gasteiger partial charge in [-0.3, -0.25) is 9.78 Å². The van der Waals surface area contributed by atoms with E-state index < -0.39 is 5.97 Å². The highest BCUT2D eigenvalue weighted by Gasteiger charge is 2.07. The van der Waals surface area contributed by atoms with Crippen LogP contribution in [0.15, 0.2) is 82.6 Å². The Morgan fingerprint density at radius 1 is 1.00 bits per heavy atom. The molecule has 1 heterocycles. The third-order valence-corrected chi connectivity index (χ3v) is 3.88. The van der Waals surface area contributed by atoms with E-state index in [4.69, 9.17) is 4.74 Å². The zero-order valence-corrected chi connectivity index (χ0v) is 15.6. The van der Waals surface area contributed by atoms with Crippen molar-refractivity contribution in [3.63, 3.8) is 0 Å². The molecule has 1 N–H and O–H groups in total. The number of hydrogen-bond acceptors (Lipinski definition) is 5. The first-order valence-corrected chi connectivity index (χ1v) is 8.72. The summed E-state index contributed by atoms with van der Waals surface area (Å²) in [4.78, 5) is 27.9. The van der Waals surface area contributed by atoms with Crippen LogP contribution in [0.4, 0.5) is 0 Å². The van der Waals surface area contributed by atoms with Crippen LogP contribution in [-0.4, -0.2) is 23.1 Å². The van der Waals surface area contributed by atoms with Crippen molar-refractivity contribution in [1.29, 1.82) is 0 Å². The number of benzene rings is 2. The number of pyridine rings is 1. The lowest BCUT2D eigenvalue weighted by Gasteiger charge is -2.04. The Kier molecular flexibility index (Phi) is 6.06. The number of hydrazone groups is 1. The maximum Gasteiger partial charge on any atom is 0.343 e. The van der Waals surface area contributed by atoms with Gasteiger partial charge in [-0.25, -0.2) is 10.2 Å². The van der Waals surface area contributed by atoms with E-state index in [-0.39, 0.29) is 5.91 Å². The molecule has 1 amide bonds. The highest BCUT2D eigenvalue weighted by atomic mass is 79.9. The van der Waals surface area contributed by atoms with Crippen molar-refractivity contribution in [2.45, 2.75) is 0 Å². The molecule has 0 bridgehead atoms. The Bertz CT molecular complexity index is 973. The number of halogens is 1. The third-order valence-electron chi connectivity index (χ3n) is 3.45. The number of aromatic nitrogens is 1. The molecule has 0 aliphatic rings. The van der Waals surface area contributed by atoms with Gasteiger partial charge < -0.3 is 4.74 Å². The van der Waals surface area contributed by atoms with Gasteiger partial charge in [0.2, 0.25) is 0 Å². The molecule has 27 heavy (non-hydrogen) atoms. The van der Waals surface area contributed by atoms with Gasteiger partial charge in [0.15, 0.2) is 0 Å². The first-order chi connectivity index (χ1) is 13.1. The molecule has 0 saturated carbocycles. The fourth-order valence-corrected chi connectivity index (χ4v) is 2.49. The summed E-state index contributed by atoms with van der Waals surface area (Å²) in [6, 6.07) is 17.2. The van der Waals surface area contributed by atoms with E-state index in [0.29, 0.717) is 21.3 Å². The van der Waals surface area contributed by atoms with Gasteiger partial charge in [0, 0.05) is 16.9 Å². The highest BCUT2D eigenvalue weighted by molar-refractivity contribution is 9.10. The fourth-order valence-electron chi connectivity index (χ4n) is 2.13. The molecule has 0 saturated heterocycles. The Hall–Kier alpha value is -3.32. The van der Waals surface area contributed by atoms with E-state index in [9.17, 15) is 9.59 Å². The fraction of sp³-hybridized carbons (Fsp3) is 0. The number of rotatable bonds is 5. The lowest BCUT2D eigenvalue weighted by Crippen LogP contribution is -2.17. The second kappa shape index (κ2) is 8.86. The molecule has 0 fully saturated rings. The van der Waals surface area contributed by atoms with Crippen molar-refractivity contribution >= 4 is 34.0 Å². The smallest absolute Gasteiger partial charge is 0.343 e. The van der Waals surface area contributed by atoms with Crippen molar-refractivity contribution < 1.29 is 14.3 Å². The van der Waals surface area contributed by atoms with Gasteiger partial charge in [0.05, 0.1) is 17.3 Å². The number of nitrogens with zero attached hydrogens (tertiary/aromatic N) is 2. The maximum absolute atomic E-state index is 12.0. The number of hydrogen-bond donors (Lipinski definition) is 1. The summed E-state index contributed by atoms with van der Waals surface area (Å²) in [5.41, 5.74) is 4.04. The molecule has 3 rings (SSSR count). The molecule has 0 aliphatic carbocycles. The Morgan fingerprint density at radius 2 is 1.74 bits per heavy atom. The summed E-state index contributed by atoms with van der Waals surface area (Å²) in [6.07, 6.45) is 4.53. The zero-order chi connectivity index (χ0) is 19.1. The lowest BCUT2D eigenvalue weighted by atomic mass is 10.2. The summed E-state index contributed by atoms with van der Waals surface area (Å²) in [5, 5.41) is 3.91. The van der Waals surface area contributed by atoms with E-state index in [0.717, 1.165) is 5.56 Å². The zero-order valence-electron chi connectivity index (χ0n) is 14.0. The number of amides is 1. The van der Waals surface area contributed by atoms with E-state index in [2.05, 4.69) is 31.4 Å². The topological polar surface area (TPSA) is 80.6 Å². The summed E-state index contributed by atoms with van der Waals surface area (Å²) >= 11 is 3.26. The molecular formula is C20H14BrN3O3. The number of carbonyl (C=O) groups excluding carboxylic acids is 2. The SMILES string of the molecule is O=C(NN=Cc1ccc(OC(=O)c2ccccc2)cc1)c1cncc(Br)c1. The standard InChI is InChI=1S/C20H14BrN3O3/c21-17-10-16(12-22-13-17)19(25)24-23-11-14-6-8-18(9-7-14)27-20(26)15-4-2-1-3-5-15/h1-13H,(H,24,25). The normalized spacial score (nSPS) is 10.6. The van der Waals surface area contributed by atoms with Gasteiger partial charge in [0.1, 0.15) is 5.75 Å². The average Bonchev–Trinajstić information content (AvgIpc) is 2.70. The first-order valence-electron chi connectivity index (χ1n) is 7.93. The lowest BCUT2D eigenvalue weighted by molar-refractivity contribution is 0.0734. The quantitative estimate of drug-likeness (QED) is 0.292. The van der Waals surface area contributed by atoms with Gasteiger partial charge in [-0.2, -0.15) is 5.10 Å². The van der Waals surface area contributed by atoms with E-state index in [1.165, 1.54) is 12.4 Å². The van der Waals surface area contributed by atoms with Crippen molar-refractivity contribution in [3.05, 3.63) is 94.2 Å². The molecule has 0 radical (unpaired) electrons. The molecule has 2 aromatic carbocycles. The van der Waals surface area contributed by atoms with Gasteiger partial charge in [-0.05, 0) is 64.0 Å². The van der Waals surface area contributed by atoms with E-state index in [1.54, 1.807) is 60.8 Å². The van der Waals surface area contributed by atoms with Gasteiger partial charge in [0.25, 0.3) is 5.91 Å². The predicted molar refractivity (Wildman–Crippen MR) is 105 cm³/mol. The highest BCUT2D eigenvalue weighted by Crippen LogP contribution is 2.14. The summed E-state index contributed by atoms with van der Waals surface area (Å²) in [5.74, 6) is -0.370. The molecule has 3 aromatic rings. The Labute approximate surface area is 164 Å². The van der Waals surface area contributed by atoms with Crippen molar-refractivity contribution in [1.82, 2.24) is 10.4 Å². The number of ether oxygens (including phenoxy) is 1. The summed E-state index contributed by atoms with van der Waals surface area (Å²) in [6.45, 7) is 0. The van der Waals surface area contributed by atoms with Crippen LogP contribution in [0.2, 0.25) is 0 Å². The molecule has 6 nitrogen and oxygen atoms in total. The monoisotopic (exact) mass is 423 g/mol.